The first-order valence-electron chi connectivity index (χ1n) is 5.94. The summed E-state index contributed by atoms with van der Waals surface area (Å²) in [4.78, 5) is 0. The molecule has 1 aliphatic rings. The van der Waals surface area contributed by atoms with Crippen molar-refractivity contribution >= 4 is 15.9 Å². The smallest absolute Gasteiger partial charge is 0.124 e. The molecule has 1 aliphatic heterocycles. The standard InChI is InChI=1S/C13H18BrNO2/c1-17-12-3-2-10(14)8-11(12)13(16)9-4-6-15-7-5-9/h2-3,8-9,13,15-16H,4-7H2,1H3. The maximum absolute atomic E-state index is 10.5. The van der Waals surface area contributed by atoms with Crippen molar-refractivity contribution in [3.8, 4) is 5.75 Å². The highest BCUT2D eigenvalue weighted by Gasteiger charge is 2.25. The first kappa shape index (κ1) is 12.9. The van der Waals surface area contributed by atoms with Gasteiger partial charge in [-0.3, -0.25) is 0 Å². The lowest BCUT2D eigenvalue weighted by molar-refractivity contribution is 0.0864. The average Bonchev–Trinajstić information content (AvgIpc) is 2.39. The molecule has 2 N–H and O–H groups in total. The number of piperidine rings is 1. The average molecular weight is 300 g/mol. The van der Waals surface area contributed by atoms with E-state index in [4.69, 9.17) is 4.74 Å². The molecular weight excluding hydrogens is 282 g/mol. The molecule has 0 spiro atoms. The van der Waals surface area contributed by atoms with Gasteiger partial charge in [-0.2, -0.15) is 0 Å². The number of nitrogens with one attached hydrogen (secondary N) is 1. The van der Waals surface area contributed by atoms with Crippen molar-refractivity contribution in [2.75, 3.05) is 20.2 Å². The van der Waals surface area contributed by atoms with Crippen LogP contribution in [-0.2, 0) is 0 Å². The Morgan fingerprint density at radius 1 is 1.41 bits per heavy atom. The monoisotopic (exact) mass is 299 g/mol. The zero-order valence-corrected chi connectivity index (χ0v) is 11.5. The van der Waals surface area contributed by atoms with Gasteiger partial charge in [-0.25, -0.2) is 0 Å². The van der Waals surface area contributed by atoms with E-state index >= 15 is 0 Å². The molecule has 0 bridgehead atoms. The molecule has 1 aromatic rings. The van der Waals surface area contributed by atoms with E-state index in [0.717, 1.165) is 41.7 Å². The molecule has 3 nitrogen and oxygen atoms in total. The van der Waals surface area contributed by atoms with E-state index in [-0.39, 0.29) is 0 Å². The Labute approximate surface area is 110 Å². The number of aliphatic hydroxyl groups is 1. The van der Waals surface area contributed by atoms with Crippen molar-refractivity contribution in [1.82, 2.24) is 5.32 Å². The number of ether oxygens (including phenoxy) is 1. The largest absolute Gasteiger partial charge is 0.496 e. The second kappa shape index (κ2) is 5.85. The lowest BCUT2D eigenvalue weighted by atomic mass is 9.88. The third-order valence-corrected chi connectivity index (χ3v) is 3.83. The van der Waals surface area contributed by atoms with E-state index < -0.39 is 6.10 Å². The minimum atomic E-state index is -0.440. The molecular formula is C13H18BrNO2. The summed E-state index contributed by atoms with van der Waals surface area (Å²) in [7, 11) is 1.64. The predicted molar refractivity (Wildman–Crippen MR) is 71.2 cm³/mol. The third-order valence-electron chi connectivity index (χ3n) is 3.34. The van der Waals surface area contributed by atoms with Gasteiger partial charge in [0, 0.05) is 10.0 Å². The molecule has 1 heterocycles. The van der Waals surface area contributed by atoms with Crippen LogP contribution in [0.3, 0.4) is 0 Å². The molecule has 1 unspecified atom stereocenters. The summed E-state index contributed by atoms with van der Waals surface area (Å²) in [6.45, 7) is 1.97. The van der Waals surface area contributed by atoms with Crippen LogP contribution < -0.4 is 10.1 Å². The second-order valence-electron chi connectivity index (χ2n) is 4.42. The van der Waals surface area contributed by atoms with Crippen LogP contribution >= 0.6 is 15.9 Å². The van der Waals surface area contributed by atoms with Gasteiger partial charge in [0.1, 0.15) is 5.75 Å². The molecule has 0 aromatic heterocycles. The summed E-state index contributed by atoms with van der Waals surface area (Å²) < 4.78 is 6.29. The maximum atomic E-state index is 10.5. The van der Waals surface area contributed by atoms with Gasteiger partial charge >= 0.3 is 0 Å². The van der Waals surface area contributed by atoms with E-state index in [2.05, 4.69) is 21.2 Å². The fourth-order valence-corrected chi connectivity index (χ4v) is 2.73. The molecule has 2 rings (SSSR count). The molecule has 0 radical (unpaired) electrons. The lowest BCUT2D eigenvalue weighted by Crippen LogP contribution is -2.31. The van der Waals surface area contributed by atoms with Crippen LogP contribution in [-0.4, -0.2) is 25.3 Å². The van der Waals surface area contributed by atoms with Crippen molar-refractivity contribution in [2.24, 2.45) is 5.92 Å². The van der Waals surface area contributed by atoms with Crippen molar-refractivity contribution in [3.05, 3.63) is 28.2 Å². The molecule has 1 aromatic carbocycles. The SMILES string of the molecule is COc1ccc(Br)cc1C(O)C1CCNCC1. The van der Waals surface area contributed by atoms with Crippen LogP contribution in [0.25, 0.3) is 0 Å². The van der Waals surface area contributed by atoms with Crippen LogP contribution in [0.1, 0.15) is 24.5 Å². The highest BCUT2D eigenvalue weighted by Crippen LogP contribution is 2.35. The number of hydrogen-bond acceptors (Lipinski definition) is 3. The Bertz CT molecular complexity index is 378. The van der Waals surface area contributed by atoms with Crippen molar-refractivity contribution in [1.29, 1.82) is 0 Å². The summed E-state index contributed by atoms with van der Waals surface area (Å²) in [6, 6.07) is 5.77. The Balaban J connectivity index is 2.21. The normalized spacial score (nSPS) is 19.0. The van der Waals surface area contributed by atoms with Crippen LogP contribution in [0, 0.1) is 5.92 Å². The Morgan fingerprint density at radius 3 is 2.76 bits per heavy atom. The lowest BCUT2D eigenvalue weighted by Gasteiger charge is -2.28. The molecule has 0 aliphatic carbocycles. The molecule has 0 amide bonds. The molecule has 0 saturated carbocycles. The van der Waals surface area contributed by atoms with Crippen molar-refractivity contribution in [2.45, 2.75) is 18.9 Å². The van der Waals surface area contributed by atoms with E-state index in [1.807, 2.05) is 18.2 Å². The molecule has 4 heteroatoms. The van der Waals surface area contributed by atoms with Gasteiger partial charge in [-0.1, -0.05) is 15.9 Å². The number of benzene rings is 1. The topological polar surface area (TPSA) is 41.5 Å². The summed E-state index contributed by atoms with van der Waals surface area (Å²) in [5.41, 5.74) is 0.883. The van der Waals surface area contributed by atoms with Gasteiger partial charge in [0.15, 0.2) is 0 Å². The number of methoxy groups -OCH3 is 1. The summed E-state index contributed by atoms with van der Waals surface area (Å²) in [5.74, 6) is 1.08. The zero-order chi connectivity index (χ0) is 12.3. The van der Waals surface area contributed by atoms with Gasteiger partial charge < -0.3 is 15.2 Å². The van der Waals surface area contributed by atoms with E-state index in [9.17, 15) is 5.11 Å². The van der Waals surface area contributed by atoms with Crippen LogP contribution in [0.15, 0.2) is 22.7 Å². The van der Waals surface area contributed by atoms with E-state index in [0.29, 0.717) is 5.92 Å². The maximum Gasteiger partial charge on any atom is 0.124 e. The summed E-state index contributed by atoms with van der Waals surface area (Å²) in [6.07, 6.45) is 1.58. The quantitative estimate of drug-likeness (QED) is 0.901. The van der Waals surface area contributed by atoms with Gasteiger partial charge in [0.2, 0.25) is 0 Å². The second-order valence-corrected chi connectivity index (χ2v) is 5.33. The van der Waals surface area contributed by atoms with Gasteiger partial charge in [0.05, 0.1) is 13.2 Å². The third kappa shape index (κ3) is 3.00. The van der Waals surface area contributed by atoms with Gasteiger partial charge in [0.25, 0.3) is 0 Å². The number of hydrogen-bond donors (Lipinski definition) is 2. The van der Waals surface area contributed by atoms with E-state index in [1.165, 1.54) is 0 Å². The minimum absolute atomic E-state index is 0.319. The van der Waals surface area contributed by atoms with Crippen LogP contribution in [0.4, 0.5) is 0 Å². The van der Waals surface area contributed by atoms with Crippen molar-refractivity contribution < 1.29 is 9.84 Å². The van der Waals surface area contributed by atoms with Gasteiger partial charge in [-0.15, -0.1) is 0 Å². The molecule has 94 valence electrons. The number of halogens is 1. The Hall–Kier alpha value is -0.580. The molecule has 17 heavy (non-hydrogen) atoms. The van der Waals surface area contributed by atoms with Gasteiger partial charge in [-0.05, 0) is 50.0 Å². The van der Waals surface area contributed by atoms with Crippen LogP contribution in [0.2, 0.25) is 0 Å². The summed E-state index contributed by atoms with van der Waals surface area (Å²) in [5, 5.41) is 13.8. The molecule has 1 fully saturated rings. The predicted octanol–water partition coefficient (Wildman–Crippen LogP) is 2.49. The minimum Gasteiger partial charge on any atom is -0.496 e. The molecule has 1 saturated heterocycles. The number of aliphatic hydroxyl groups excluding tert-OH is 1. The highest BCUT2D eigenvalue weighted by atomic mass is 79.9. The van der Waals surface area contributed by atoms with Crippen LogP contribution in [0.5, 0.6) is 5.75 Å². The summed E-state index contributed by atoms with van der Waals surface area (Å²) >= 11 is 3.44. The Kier molecular flexibility index (Phi) is 4.42. The highest BCUT2D eigenvalue weighted by molar-refractivity contribution is 9.10. The van der Waals surface area contributed by atoms with E-state index in [1.54, 1.807) is 7.11 Å². The fourth-order valence-electron chi connectivity index (χ4n) is 2.35. The van der Waals surface area contributed by atoms with Crippen molar-refractivity contribution in [3.63, 3.8) is 0 Å². The molecule has 1 atom stereocenters. The first-order valence-corrected chi connectivity index (χ1v) is 6.74. The Morgan fingerprint density at radius 2 is 2.12 bits per heavy atom. The number of rotatable bonds is 3. The first-order chi connectivity index (χ1) is 8.22. The zero-order valence-electron chi connectivity index (χ0n) is 9.95. The fraction of sp³-hybridized carbons (Fsp3) is 0.538.